The SMILES string of the molecule is COc1cccc(C(=O)NC(CCCl)C(C)(C)C)c1O. The lowest BCUT2D eigenvalue weighted by atomic mass is 9.85. The van der Waals surface area contributed by atoms with Gasteiger partial charge in [0.1, 0.15) is 0 Å². The topological polar surface area (TPSA) is 58.6 Å². The molecule has 1 aromatic rings. The first-order valence-corrected chi connectivity index (χ1v) is 7.07. The van der Waals surface area contributed by atoms with E-state index in [4.69, 9.17) is 16.3 Å². The Balaban J connectivity index is 2.95. The second kappa shape index (κ2) is 6.84. The number of carbonyl (C=O) groups is 1. The molecule has 1 rings (SSSR count). The van der Waals surface area contributed by atoms with E-state index in [0.717, 1.165) is 0 Å². The number of hydrogen-bond acceptors (Lipinski definition) is 3. The predicted octanol–water partition coefficient (Wildman–Crippen LogP) is 3.17. The third-order valence-corrected chi connectivity index (χ3v) is 3.43. The second-order valence-corrected chi connectivity index (χ2v) is 6.10. The van der Waals surface area contributed by atoms with Crippen LogP contribution >= 0.6 is 11.6 Å². The molecule has 112 valence electrons. The highest BCUT2D eigenvalue weighted by molar-refractivity contribution is 6.17. The summed E-state index contributed by atoms with van der Waals surface area (Å²) in [7, 11) is 1.45. The highest BCUT2D eigenvalue weighted by atomic mass is 35.5. The molecule has 20 heavy (non-hydrogen) atoms. The Kier molecular flexibility index (Phi) is 5.69. The first-order chi connectivity index (χ1) is 9.31. The number of halogens is 1. The number of phenolic OH excluding ortho intramolecular Hbond substituents is 1. The summed E-state index contributed by atoms with van der Waals surface area (Å²) < 4.78 is 5.00. The molecule has 0 radical (unpaired) electrons. The van der Waals surface area contributed by atoms with Crippen LogP contribution < -0.4 is 10.1 Å². The normalized spacial score (nSPS) is 12.8. The van der Waals surface area contributed by atoms with E-state index in [1.165, 1.54) is 7.11 Å². The van der Waals surface area contributed by atoms with Crippen molar-refractivity contribution in [2.75, 3.05) is 13.0 Å². The second-order valence-electron chi connectivity index (χ2n) is 5.73. The van der Waals surface area contributed by atoms with Gasteiger partial charge in [-0.15, -0.1) is 11.6 Å². The van der Waals surface area contributed by atoms with E-state index in [0.29, 0.717) is 12.3 Å². The van der Waals surface area contributed by atoms with Gasteiger partial charge in [0.05, 0.1) is 12.7 Å². The molecule has 5 heteroatoms. The fourth-order valence-electron chi connectivity index (χ4n) is 1.94. The number of phenols is 1. The van der Waals surface area contributed by atoms with E-state index in [2.05, 4.69) is 5.32 Å². The molecule has 1 atom stereocenters. The predicted molar refractivity (Wildman–Crippen MR) is 80.7 cm³/mol. The zero-order chi connectivity index (χ0) is 15.3. The molecular formula is C15H22ClNO3. The Labute approximate surface area is 125 Å². The molecule has 0 spiro atoms. The van der Waals surface area contributed by atoms with Crippen molar-refractivity contribution in [3.63, 3.8) is 0 Å². The van der Waals surface area contributed by atoms with E-state index >= 15 is 0 Å². The van der Waals surface area contributed by atoms with Gasteiger partial charge in [-0.05, 0) is 24.0 Å². The number of hydrogen-bond donors (Lipinski definition) is 2. The summed E-state index contributed by atoms with van der Waals surface area (Å²) in [6.45, 7) is 6.11. The van der Waals surface area contributed by atoms with Crippen LogP contribution in [0.2, 0.25) is 0 Å². The molecule has 1 amide bonds. The minimum absolute atomic E-state index is 0.0712. The Morgan fingerprint density at radius 3 is 2.60 bits per heavy atom. The number of ether oxygens (including phenoxy) is 1. The van der Waals surface area contributed by atoms with Crippen molar-refractivity contribution in [2.24, 2.45) is 5.41 Å². The van der Waals surface area contributed by atoms with Crippen molar-refractivity contribution in [2.45, 2.75) is 33.2 Å². The molecule has 0 saturated heterocycles. The van der Waals surface area contributed by atoms with Gasteiger partial charge in [0.2, 0.25) is 0 Å². The summed E-state index contributed by atoms with van der Waals surface area (Å²) >= 11 is 5.79. The molecule has 0 bridgehead atoms. The molecule has 0 aliphatic rings. The Morgan fingerprint density at radius 2 is 2.10 bits per heavy atom. The molecule has 0 saturated carbocycles. The molecule has 0 aromatic heterocycles. The number of nitrogens with one attached hydrogen (secondary N) is 1. The van der Waals surface area contributed by atoms with Crippen molar-refractivity contribution in [1.82, 2.24) is 5.32 Å². The summed E-state index contributed by atoms with van der Waals surface area (Å²) in [5.41, 5.74) is 0.0899. The average molecular weight is 300 g/mol. The van der Waals surface area contributed by atoms with Gasteiger partial charge in [-0.2, -0.15) is 0 Å². The first-order valence-electron chi connectivity index (χ1n) is 6.54. The highest BCUT2D eigenvalue weighted by Crippen LogP contribution is 2.30. The van der Waals surface area contributed by atoms with Crippen molar-refractivity contribution in [3.8, 4) is 11.5 Å². The van der Waals surface area contributed by atoms with Gasteiger partial charge in [0.25, 0.3) is 5.91 Å². The quantitative estimate of drug-likeness (QED) is 0.821. The summed E-state index contributed by atoms with van der Waals surface area (Å²) in [4.78, 5) is 12.3. The molecule has 4 nitrogen and oxygen atoms in total. The Morgan fingerprint density at radius 1 is 1.45 bits per heavy atom. The first kappa shape index (κ1) is 16.6. The van der Waals surface area contributed by atoms with E-state index in [1.807, 2.05) is 20.8 Å². The number of aromatic hydroxyl groups is 1. The summed E-state index contributed by atoms with van der Waals surface area (Å²) in [5, 5.41) is 12.9. The zero-order valence-corrected chi connectivity index (χ0v) is 13.1. The van der Waals surface area contributed by atoms with Crippen LogP contribution in [0, 0.1) is 5.41 Å². The van der Waals surface area contributed by atoms with Crippen LogP contribution in [0.3, 0.4) is 0 Å². The largest absolute Gasteiger partial charge is 0.504 e. The van der Waals surface area contributed by atoms with E-state index in [9.17, 15) is 9.90 Å². The standard InChI is InChI=1S/C15H22ClNO3/c1-15(2,3)12(8-9-16)17-14(19)10-6-5-7-11(20-4)13(10)18/h5-7,12,18H,8-9H2,1-4H3,(H,17,19). The minimum Gasteiger partial charge on any atom is -0.504 e. The Bertz CT molecular complexity index is 469. The van der Waals surface area contributed by atoms with Gasteiger partial charge in [0, 0.05) is 11.9 Å². The van der Waals surface area contributed by atoms with Gasteiger partial charge in [-0.3, -0.25) is 4.79 Å². The van der Waals surface area contributed by atoms with Gasteiger partial charge in [0.15, 0.2) is 11.5 Å². The van der Waals surface area contributed by atoms with Crippen LogP contribution in [0.25, 0.3) is 0 Å². The molecule has 0 fully saturated rings. The highest BCUT2D eigenvalue weighted by Gasteiger charge is 2.27. The van der Waals surface area contributed by atoms with Crippen LogP contribution in [0.4, 0.5) is 0 Å². The van der Waals surface area contributed by atoms with Crippen molar-refractivity contribution < 1.29 is 14.6 Å². The maximum absolute atomic E-state index is 12.3. The van der Waals surface area contributed by atoms with Crippen molar-refractivity contribution in [1.29, 1.82) is 0 Å². The number of carbonyl (C=O) groups excluding carboxylic acids is 1. The number of benzene rings is 1. The van der Waals surface area contributed by atoms with Gasteiger partial charge < -0.3 is 15.2 Å². The summed E-state index contributed by atoms with van der Waals surface area (Å²) in [6.07, 6.45) is 0.668. The number of amides is 1. The lowest BCUT2D eigenvalue weighted by Gasteiger charge is -2.31. The fraction of sp³-hybridized carbons (Fsp3) is 0.533. The maximum Gasteiger partial charge on any atom is 0.255 e. The van der Waals surface area contributed by atoms with Crippen LogP contribution in [0.5, 0.6) is 11.5 Å². The number of rotatable bonds is 5. The van der Waals surface area contributed by atoms with Gasteiger partial charge in [-0.1, -0.05) is 26.8 Å². The third-order valence-electron chi connectivity index (χ3n) is 3.21. The Hall–Kier alpha value is -1.42. The fourth-order valence-corrected chi connectivity index (χ4v) is 2.16. The smallest absolute Gasteiger partial charge is 0.255 e. The number of para-hydroxylation sites is 1. The molecule has 1 aromatic carbocycles. The van der Waals surface area contributed by atoms with Crippen LogP contribution in [-0.2, 0) is 0 Å². The molecule has 0 aliphatic heterocycles. The minimum atomic E-state index is -0.327. The van der Waals surface area contributed by atoms with Crippen LogP contribution in [0.1, 0.15) is 37.6 Å². The maximum atomic E-state index is 12.3. The summed E-state index contributed by atoms with van der Waals surface area (Å²) in [5.74, 6) is 0.270. The van der Waals surface area contributed by atoms with Crippen LogP contribution in [-0.4, -0.2) is 30.0 Å². The van der Waals surface area contributed by atoms with E-state index in [-0.39, 0.29) is 34.4 Å². The van der Waals surface area contributed by atoms with Crippen LogP contribution in [0.15, 0.2) is 18.2 Å². The average Bonchev–Trinajstić information content (AvgIpc) is 2.37. The lowest BCUT2D eigenvalue weighted by molar-refractivity contribution is 0.0897. The van der Waals surface area contributed by atoms with Crippen molar-refractivity contribution in [3.05, 3.63) is 23.8 Å². The number of alkyl halides is 1. The van der Waals surface area contributed by atoms with Gasteiger partial charge >= 0.3 is 0 Å². The monoisotopic (exact) mass is 299 g/mol. The van der Waals surface area contributed by atoms with Gasteiger partial charge in [-0.25, -0.2) is 0 Å². The summed E-state index contributed by atoms with van der Waals surface area (Å²) in [6, 6.07) is 4.76. The lowest BCUT2D eigenvalue weighted by Crippen LogP contribution is -2.44. The van der Waals surface area contributed by atoms with E-state index < -0.39 is 0 Å². The molecule has 1 unspecified atom stereocenters. The number of methoxy groups -OCH3 is 1. The van der Waals surface area contributed by atoms with E-state index in [1.54, 1.807) is 18.2 Å². The molecule has 0 aliphatic carbocycles. The molecule has 2 N–H and O–H groups in total. The molecular weight excluding hydrogens is 278 g/mol. The zero-order valence-electron chi connectivity index (χ0n) is 12.4. The van der Waals surface area contributed by atoms with Crippen molar-refractivity contribution >= 4 is 17.5 Å². The molecule has 0 heterocycles. The third kappa shape index (κ3) is 4.04.